The van der Waals surface area contributed by atoms with Crippen molar-refractivity contribution in [1.82, 2.24) is 14.9 Å². The molecule has 2 rings (SSSR count). The van der Waals surface area contributed by atoms with E-state index in [1.165, 1.54) is 4.57 Å². The maximum absolute atomic E-state index is 12.9. The number of nitrogens with zero attached hydrogens (tertiary/aromatic N) is 2. The quantitative estimate of drug-likeness (QED) is 0.801. The SMILES string of the molecule is CCC(C)NC(=O)Cn1c(-c2ccccc2)nc(C)c(CCO)c1=O. The zero-order valence-corrected chi connectivity index (χ0v) is 15.0. The van der Waals surface area contributed by atoms with Crippen molar-refractivity contribution in [3.8, 4) is 11.4 Å². The van der Waals surface area contributed by atoms with E-state index in [-0.39, 0.29) is 37.1 Å². The number of aliphatic hydroxyl groups excluding tert-OH is 1. The molecule has 0 saturated heterocycles. The molecule has 0 aliphatic carbocycles. The lowest BCUT2D eigenvalue weighted by atomic mass is 10.1. The predicted octanol–water partition coefficient (Wildman–Crippen LogP) is 1.67. The zero-order valence-electron chi connectivity index (χ0n) is 15.0. The lowest BCUT2D eigenvalue weighted by molar-refractivity contribution is -0.122. The predicted molar refractivity (Wildman–Crippen MR) is 97.4 cm³/mol. The summed E-state index contributed by atoms with van der Waals surface area (Å²) in [4.78, 5) is 29.8. The van der Waals surface area contributed by atoms with Crippen LogP contribution in [0, 0.1) is 6.92 Å². The average molecular weight is 343 g/mol. The standard InChI is InChI=1S/C19H25N3O3/c1-4-13(2)20-17(24)12-22-18(15-8-6-5-7-9-15)21-14(3)16(10-11-23)19(22)25/h5-9,13,23H,4,10-12H2,1-3H3,(H,20,24). The molecular formula is C19H25N3O3. The minimum atomic E-state index is -0.278. The smallest absolute Gasteiger partial charge is 0.257 e. The molecule has 2 N–H and O–H groups in total. The van der Waals surface area contributed by atoms with Gasteiger partial charge in [0.1, 0.15) is 12.4 Å². The molecular weight excluding hydrogens is 318 g/mol. The molecule has 134 valence electrons. The molecule has 6 nitrogen and oxygen atoms in total. The summed E-state index contributed by atoms with van der Waals surface area (Å²) in [6.45, 7) is 5.42. The Kier molecular flexibility index (Phi) is 6.47. The summed E-state index contributed by atoms with van der Waals surface area (Å²) in [5.74, 6) is 0.235. The van der Waals surface area contributed by atoms with Crippen molar-refractivity contribution in [1.29, 1.82) is 0 Å². The lowest BCUT2D eigenvalue weighted by Gasteiger charge is -2.17. The number of amides is 1. The first-order valence-electron chi connectivity index (χ1n) is 8.53. The summed E-state index contributed by atoms with van der Waals surface area (Å²) in [5, 5.41) is 12.1. The maximum atomic E-state index is 12.9. The van der Waals surface area contributed by atoms with Gasteiger partial charge in [0.25, 0.3) is 5.56 Å². The fraction of sp³-hybridized carbons (Fsp3) is 0.421. The van der Waals surface area contributed by atoms with Gasteiger partial charge in [0.2, 0.25) is 5.91 Å². The van der Waals surface area contributed by atoms with Gasteiger partial charge in [0.15, 0.2) is 0 Å². The number of aromatic nitrogens is 2. The van der Waals surface area contributed by atoms with Crippen LogP contribution >= 0.6 is 0 Å². The molecule has 1 atom stereocenters. The Morgan fingerprint density at radius 2 is 2.00 bits per heavy atom. The van der Waals surface area contributed by atoms with Crippen LogP contribution < -0.4 is 10.9 Å². The molecule has 2 aromatic rings. The van der Waals surface area contributed by atoms with Crippen molar-refractivity contribution in [2.45, 2.75) is 46.2 Å². The second-order valence-electron chi connectivity index (χ2n) is 6.11. The van der Waals surface area contributed by atoms with E-state index in [1.807, 2.05) is 44.2 Å². The highest BCUT2D eigenvalue weighted by Crippen LogP contribution is 2.17. The normalized spacial score (nSPS) is 12.0. The Balaban J connectivity index is 2.52. The van der Waals surface area contributed by atoms with Crippen LogP contribution in [0.25, 0.3) is 11.4 Å². The number of hydrogen-bond donors (Lipinski definition) is 2. The van der Waals surface area contributed by atoms with Crippen molar-refractivity contribution >= 4 is 5.91 Å². The molecule has 1 aromatic heterocycles. The van der Waals surface area contributed by atoms with Gasteiger partial charge in [-0.15, -0.1) is 0 Å². The Bertz CT molecular complexity index is 784. The van der Waals surface area contributed by atoms with Crippen LogP contribution in [-0.2, 0) is 17.8 Å². The van der Waals surface area contributed by atoms with Gasteiger partial charge in [-0.05, 0) is 20.3 Å². The number of nitrogens with one attached hydrogen (secondary N) is 1. The van der Waals surface area contributed by atoms with Crippen molar-refractivity contribution < 1.29 is 9.90 Å². The summed E-state index contributed by atoms with van der Waals surface area (Å²) < 4.78 is 1.39. The molecule has 1 unspecified atom stereocenters. The molecule has 0 radical (unpaired) electrons. The average Bonchev–Trinajstić information content (AvgIpc) is 2.61. The monoisotopic (exact) mass is 343 g/mol. The Morgan fingerprint density at radius 3 is 2.60 bits per heavy atom. The largest absolute Gasteiger partial charge is 0.396 e. The van der Waals surface area contributed by atoms with E-state index in [9.17, 15) is 14.7 Å². The second-order valence-corrected chi connectivity index (χ2v) is 6.11. The van der Waals surface area contributed by atoms with Crippen molar-refractivity contribution in [2.75, 3.05) is 6.61 Å². The van der Waals surface area contributed by atoms with Crippen molar-refractivity contribution in [3.05, 3.63) is 51.9 Å². The van der Waals surface area contributed by atoms with Gasteiger partial charge in [-0.1, -0.05) is 37.3 Å². The number of carbonyl (C=O) groups excluding carboxylic acids is 1. The fourth-order valence-corrected chi connectivity index (χ4v) is 2.62. The van der Waals surface area contributed by atoms with Crippen LogP contribution in [0.3, 0.4) is 0 Å². The Hall–Kier alpha value is -2.47. The number of hydrogen-bond acceptors (Lipinski definition) is 4. The molecule has 6 heteroatoms. The van der Waals surface area contributed by atoms with Crippen molar-refractivity contribution in [2.24, 2.45) is 0 Å². The molecule has 1 amide bonds. The van der Waals surface area contributed by atoms with Crippen LogP contribution in [-0.4, -0.2) is 33.2 Å². The lowest BCUT2D eigenvalue weighted by Crippen LogP contribution is -2.39. The van der Waals surface area contributed by atoms with Gasteiger partial charge in [-0.3, -0.25) is 14.2 Å². The van der Waals surface area contributed by atoms with Crippen LogP contribution in [0.4, 0.5) is 0 Å². The van der Waals surface area contributed by atoms with Gasteiger partial charge in [0, 0.05) is 35.9 Å². The van der Waals surface area contributed by atoms with E-state index in [4.69, 9.17) is 0 Å². The first kappa shape index (κ1) is 18.9. The number of benzene rings is 1. The van der Waals surface area contributed by atoms with Crippen LogP contribution in [0.15, 0.2) is 35.1 Å². The molecule has 0 aliphatic rings. The van der Waals surface area contributed by atoms with Crippen molar-refractivity contribution in [3.63, 3.8) is 0 Å². The maximum Gasteiger partial charge on any atom is 0.257 e. The van der Waals surface area contributed by atoms with Gasteiger partial charge >= 0.3 is 0 Å². The van der Waals surface area contributed by atoms with Gasteiger partial charge in [-0.25, -0.2) is 4.98 Å². The molecule has 0 fully saturated rings. The summed E-state index contributed by atoms with van der Waals surface area (Å²) in [6, 6.07) is 9.36. The highest BCUT2D eigenvalue weighted by molar-refractivity contribution is 5.76. The topological polar surface area (TPSA) is 84.2 Å². The molecule has 0 aliphatic heterocycles. The van der Waals surface area contributed by atoms with E-state index < -0.39 is 0 Å². The van der Waals surface area contributed by atoms with E-state index >= 15 is 0 Å². The fourth-order valence-electron chi connectivity index (χ4n) is 2.62. The molecule has 1 heterocycles. The zero-order chi connectivity index (χ0) is 18.4. The highest BCUT2D eigenvalue weighted by atomic mass is 16.3. The Labute approximate surface area is 147 Å². The third kappa shape index (κ3) is 4.54. The molecule has 0 saturated carbocycles. The Morgan fingerprint density at radius 1 is 1.32 bits per heavy atom. The molecule has 1 aromatic carbocycles. The minimum absolute atomic E-state index is 0.0405. The minimum Gasteiger partial charge on any atom is -0.396 e. The third-order valence-electron chi connectivity index (χ3n) is 4.18. The first-order chi connectivity index (χ1) is 12.0. The van der Waals surface area contributed by atoms with Crippen LogP contribution in [0.5, 0.6) is 0 Å². The van der Waals surface area contributed by atoms with Gasteiger partial charge < -0.3 is 10.4 Å². The molecule has 25 heavy (non-hydrogen) atoms. The van der Waals surface area contributed by atoms with Gasteiger partial charge in [0.05, 0.1) is 0 Å². The summed E-state index contributed by atoms with van der Waals surface area (Å²) in [5.41, 5.74) is 1.52. The molecule has 0 spiro atoms. The highest BCUT2D eigenvalue weighted by Gasteiger charge is 2.18. The first-order valence-corrected chi connectivity index (χ1v) is 8.53. The van der Waals surface area contributed by atoms with Crippen LogP contribution in [0.1, 0.15) is 31.5 Å². The van der Waals surface area contributed by atoms with E-state index in [0.717, 1.165) is 12.0 Å². The van der Waals surface area contributed by atoms with Gasteiger partial charge in [-0.2, -0.15) is 0 Å². The number of rotatable bonds is 7. The third-order valence-corrected chi connectivity index (χ3v) is 4.18. The van der Waals surface area contributed by atoms with E-state index in [2.05, 4.69) is 10.3 Å². The second kappa shape index (κ2) is 8.58. The van der Waals surface area contributed by atoms with E-state index in [0.29, 0.717) is 17.1 Å². The molecule has 0 bridgehead atoms. The summed E-state index contributed by atoms with van der Waals surface area (Å²) in [6.07, 6.45) is 1.04. The summed E-state index contributed by atoms with van der Waals surface area (Å²) in [7, 11) is 0. The van der Waals surface area contributed by atoms with Crippen LogP contribution in [0.2, 0.25) is 0 Å². The number of carbonyl (C=O) groups is 1. The van der Waals surface area contributed by atoms with E-state index in [1.54, 1.807) is 6.92 Å². The number of aryl methyl sites for hydroxylation is 1. The number of aliphatic hydroxyl groups is 1. The summed E-state index contributed by atoms with van der Waals surface area (Å²) >= 11 is 0.